The lowest BCUT2D eigenvalue weighted by Gasteiger charge is -2.22. The van der Waals surface area contributed by atoms with Gasteiger partial charge in [-0.3, -0.25) is 4.99 Å². The minimum atomic E-state index is 0. The van der Waals surface area contributed by atoms with Gasteiger partial charge in [-0.1, -0.05) is 13.8 Å². The number of halogens is 1. The van der Waals surface area contributed by atoms with Crippen molar-refractivity contribution in [2.24, 2.45) is 16.8 Å². The Kier molecular flexibility index (Phi) is 11.3. The summed E-state index contributed by atoms with van der Waals surface area (Å²) in [6, 6.07) is 0. The van der Waals surface area contributed by atoms with E-state index in [2.05, 4.69) is 35.9 Å². The van der Waals surface area contributed by atoms with E-state index in [0.717, 1.165) is 30.9 Å². The van der Waals surface area contributed by atoms with Gasteiger partial charge in [0.2, 0.25) is 0 Å². The van der Waals surface area contributed by atoms with E-state index in [0.29, 0.717) is 0 Å². The van der Waals surface area contributed by atoms with Gasteiger partial charge in [-0.25, -0.2) is 0 Å². The molecule has 0 aliphatic carbocycles. The monoisotopic (exact) mass is 450 g/mol. The first-order valence-corrected chi connectivity index (χ1v) is 9.94. The van der Waals surface area contributed by atoms with E-state index in [4.69, 9.17) is 4.99 Å². The molecule has 2 aliphatic rings. The smallest absolute Gasteiger partial charge is 0.193 e. The van der Waals surface area contributed by atoms with Crippen molar-refractivity contribution in [1.29, 1.82) is 0 Å². The minimum absolute atomic E-state index is 0. The summed E-state index contributed by atoms with van der Waals surface area (Å²) >= 11 is 0. The van der Waals surface area contributed by atoms with Crippen molar-refractivity contribution < 1.29 is 0 Å². The third kappa shape index (κ3) is 7.89. The Morgan fingerprint density at radius 3 is 2.58 bits per heavy atom. The zero-order valence-electron chi connectivity index (χ0n) is 16.1. The number of rotatable bonds is 8. The molecule has 1 atom stereocenters. The molecule has 2 heterocycles. The van der Waals surface area contributed by atoms with Crippen LogP contribution in [-0.2, 0) is 0 Å². The molecule has 0 spiro atoms. The van der Waals surface area contributed by atoms with E-state index < -0.39 is 0 Å². The summed E-state index contributed by atoms with van der Waals surface area (Å²) in [6.07, 6.45) is 7.99. The fourth-order valence-corrected chi connectivity index (χ4v) is 3.95. The van der Waals surface area contributed by atoms with Crippen LogP contribution in [0.2, 0.25) is 0 Å². The largest absolute Gasteiger partial charge is 0.357 e. The minimum Gasteiger partial charge on any atom is -0.357 e. The molecule has 0 aromatic rings. The van der Waals surface area contributed by atoms with Crippen LogP contribution in [0.3, 0.4) is 0 Å². The Morgan fingerprint density at radius 1 is 1.17 bits per heavy atom. The Morgan fingerprint density at radius 2 is 1.92 bits per heavy atom. The molecule has 5 heteroatoms. The number of guanidine groups is 1. The number of aliphatic imine (C=N–C) groups is 1. The maximum atomic E-state index is 4.89. The van der Waals surface area contributed by atoms with Crippen molar-refractivity contribution in [2.75, 3.05) is 45.8 Å². The maximum Gasteiger partial charge on any atom is 0.193 e. The van der Waals surface area contributed by atoms with Gasteiger partial charge in [-0.15, -0.1) is 24.0 Å². The Hall–Kier alpha value is -0.0400. The van der Waals surface area contributed by atoms with Crippen LogP contribution in [0.1, 0.15) is 59.3 Å². The van der Waals surface area contributed by atoms with Crippen molar-refractivity contribution in [3.63, 3.8) is 0 Å². The van der Waals surface area contributed by atoms with Gasteiger partial charge >= 0.3 is 0 Å². The molecule has 2 saturated heterocycles. The lowest BCUT2D eigenvalue weighted by atomic mass is 9.97. The third-order valence-corrected chi connectivity index (χ3v) is 5.07. The Balaban J connectivity index is 0.00000288. The molecule has 0 aromatic heterocycles. The summed E-state index contributed by atoms with van der Waals surface area (Å²) in [4.78, 5) is 9.97. The number of hydrogen-bond donors (Lipinski definition) is 1. The molecule has 2 aliphatic heterocycles. The number of nitrogens with one attached hydrogen (secondary N) is 1. The van der Waals surface area contributed by atoms with Gasteiger partial charge in [-0.05, 0) is 76.9 Å². The van der Waals surface area contributed by atoms with Gasteiger partial charge in [-0.2, -0.15) is 0 Å². The summed E-state index contributed by atoms with van der Waals surface area (Å²) in [5.41, 5.74) is 0. The first kappa shape index (κ1) is 22.0. The van der Waals surface area contributed by atoms with Crippen LogP contribution in [0.4, 0.5) is 0 Å². The highest BCUT2D eigenvalue weighted by molar-refractivity contribution is 14.0. The average molecular weight is 450 g/mol. The molecule has 1 N–H and O–H groups in total. The molecule has 0 amide bonds. The van der Waals surface area contributed by atoms with Crippen LogP contribution in [0, 0.1) is 11.8 Å². The SMILES string of the molecule is CCNC(=NCCCCN1CCCC1)N1CCC(CC(C)C)C1.I. The molecule has 24 heavy (non-hydrogen) atoms. The standard InChI is InChI=1S/C19H38N4.HI/c1-4-20-19(23-14-9-18(16-23)15-17(2)3)21-10-5-6-11-22-12-7-8-13-22;/h17-18H,4-16H2,1-3H3,(H,20,21);1H. The van der Waals surface area contributed by atoms with Gasteiger partial charge in [0.25, 0.3) is 0 Å². The normalized spacial score (nSPS) is 22.2. The van der Waals surface area contributed by atoms with E-state index in [1.807, 2.05) is 0 Å². The van der Waals surface area contributed by atoms with Crippen molar-refractivity contribution in [3.05, 3.63) is 0 Å². The third-order valence-electron chi connectivity index (χ3n) is 5.07. The number of nitrogens with zero attached hydrogens (tertiary/aromatic N) is 3. The quantitative estimate of drug-likeness (QED) is 0.264. The number of unbranched alkanes of at least 4 members (excludes halogenated alkanes) is 1. The van der Waals surface area contributed by atoms with E-state index in [-0.39, 0.29) is 24.0 Å². The predicted molar refractivity (Wildman–Crippen MR) is 115 cm³/mol. The van der Waals surface area contributed by atoms with E-state index in [1.165, 1.54) is 71.2 Å². The zero-order chi connectivity index (χ0) is 16.5. The first-order chi connectivity index (χ1) is 11.2. The van der Waals surface area contributed by atoms with Crippen molar-refractivity contribution in [3.8, 4) is 0 Å². The van der Waals surface area contributed by atoms with Gasteiger partial charge in [0.1, 0.15) is 0 Å². The van der Waals surface area contributed by atoms with Crippen LogP contribution in [-0.4, -0.2) is 61.6 Å². The van der Waals surface area contributed by atoms with Crippen LogP contribution in [0.15, 0.2) is 4.99 Å². The Labute approximate surface area is 166 Å². The van der Waals surface area contributed by atoms with Crippen LogP contribution in [0.25, 0.3) is 0 Å². The fourth-order valence-electron chi connectivity index (χ4n) is 3.95. The number of likely N-dealkylation sites (tertiary alicyclic amines) is 2. The van der Waals surface area contributed by atoms with Crippen molar-refractivity contribution >= 4 is 29.9 Å². The summed E-state index contributed by atoms with van der Waals surface area (Å²) in [7, 11) is 0. The molecule has 0 bridgehead atoms. The maximum absolute atomic E-state index is 4.89. The molecule has 1 unspecified atom stereocenters. The second kappa shape index (κ2) is 12.3. The second-order valence-corrected chi connectivity index (χ2v) is 7.72. The molecule has 2 fully saturated rings. The lowest BCUT2D eigenvalue weighted by Crippen LogP contribution is -2.40. The molecular weight excluding hydrogens is 411 g/mol. The van der Waals surface area contributed by atoms with Crippen LogP contribution < -0.4 is 5.32 Å². The van der Waals surface area contributed by atoms with Crippen LogP contribution >= 0.6 is 24.0 Å². The highest BCUT2D eigenvalue weighted by atomic mass is 127. The molecule has 2 rings (SSSR count). The van der Waals surface area contributed by atoms with E-state index in [9.17, 15) is 0 Å². The molecule has 0 aromatic carbocycles. The lowest BCUT2D eigenvalue weighted by molar-refractivity contribution is 0.331. The highest BCUT2D eigenvalue weighted by Gasteiger charge is 2.25. The Bertz CT molecular complexity index is 353. The van der Waals surface area contributed by atoms with Gasteiger partial charge < -0.3 is 15.1 Å². The van der Waals surface area contributed by atoms with E-state index in [1.54, 1.807) is 0 Å². The summed E-state index contributed by atoms with van der Waals surface area (Å²) in [6.45, 7) is 15.1. The molecule has 0 radical (unpaired) electrons. The molecule has 4 nitrogen and oxygen atoms in total. The molecule has 0 saturated carbocycles. The fraction of sp³-hybridized carbons (Fsp3) is 0.947. The second-order valence-electron chi connectivity index (χ2n) is 7.72. The van der Waals surface area contributed by atoms with E-state index >= 15 is 0 Å². The molecule has 142 valence electrons. The highest BCUT2D eigenvalue weighted by Crippen LogP contribution is 2.23. The van der Waals surface area contributed by atoms with Gasteiger partial charge in [0.05, 0.1) is 0 Å². The van der Waals surface area contributed by atoms with Gasteiger partial charge in [0.15, 0.2) is 5.96 Å². The van der Waals surface area contributed by atoms with Crippen molar-refractivity contribution in [1.82, 2.24) is 15.1 Å². The number of hydrogen-bond acceptors (Lipinski definition) is 2. The summed E-state index contributed by atoms with van der Waals surface area (Å²) in [5, 5.41) is 3.50. The first-order valence-electron chi connectivity index (χ1n) is 9.94. The topological polar surface area (TPSA) is 30.9 Å². The predicted octanol–water partition coefficient (Wildman–Crippen LogP) is 3.81. The zero-order valence-corrected chi connectivity index (χ0v) is 18.4. The molecular formula is C19H39IN4. The van der Waals surface area contributed by atoms with Crippen LogP contribution in [0.5, 0.6) is 0 Å². The van der Waals surface area contributed by atoms with Crippen molar-refractivity contribution in [2.45, 2.75) is 59.3 Å². The average Bonchev–Trinajstić information content (AvgIpc) is 3.17. The van der Waals surface area contributed by atoms with Gasteiger partial charge in [0, 0.05) is 26.2 Å². The summed E-state index contributed by atoms with van der Waals surface area (Å²) in [5.74, 6) is 2.82. The summed E-state index contributed by atoms with van der Waals surface area (Å²) < 4.78 is 0.